The number of ketones is 1. The van der Waals surface area contributed by atoms with Gasteiger partial charge in [0.15, 0.2) is 20.9 Å². The molecule has 0 aromatic heterocycles. The van der Waals surface area contributed by atoms with Gasteiger partial charge in [-0.25, -0.2) is 8.42 Å². The summed E-state index contributed by atoms with van der Waals surface area (Å²) >= 11 is 5.86. The van der Waals surface area contributed by atoms with Gasteiger partial charge < -0.3 is 0 Å². The lowest BCUT2D eigenvalue weighted by Gasteiger charge is -2.17. The number of benzene rings is 3. The lowest BCUT2D eigenvalue weighted by atomic mass is 10.0. The molecule has 0 saturated heterocycles. The van der Waals surface area contributed by atoms with E-state index in [2.05, 4.69) is 0 Å². The van der Waals surface area contributed by atoms with Crippen molar-refractivity contribution in [2.45, 2.75) is 10.1 Å². The van der Waals surface area contributed by atoms with Crippen molar-refractivity contribution in [2.24, 2.45) is 0 Å². The zero-order valence-electron chi connectivity index (χ0n) is 13.2. The topological polar surface area (TPSA) is 51.2 Å². The summed E-state index contributed by atoms with van der Waals surface area (Å²) in [6.07, 6.45) is 0. The van der Waals surface area contributed by atoms with Crippen LogP contribution in [0.3, 0.4) is 0 Å². The Morgan fingerprint density at radius 2 is 1.28 bits per heavy atom. The number of carbonyl (C=O) groups excluding carboxylic acids is 1. The van der Waals surface area contributed by atoms with Crippen molar-refractivity contribution < 1.29 is 13.2 Å². The average molecular weight is 371 g/mol. The second-order valence-electron chi connectivity index (χ2n) is 5.52. The van der Waals surface area contributed by atoms with Gasteiger partial charge in [-0.05, 0) is 29.8 Å². The zero-order chi connectivity index (χ0) is 17.9. The molecule has 3 nitrogen and oxygen atoms in total. The molecule has 3 aromatic carbocycles. The van der Waals surface area contributed by atoms with Crippen molar-refractivity contribution in [3.8, 4) is 0 Å². The van der Waals surface area contributed by atoms with Crippen LogP contribution in [-0.4, -0.2) is 14.2 Å². The summed E-state index contributed by atoms with van der Waals surface area (Å²) in [5.74, 6) is -0.457. The number of Topliss-reactive ketones (excluding diaryl/α,β-unsaturated/α-hetero) is 1. The van der Waals surface area contributed by atoms with E-state index in [1.54, 1.807) is 60.7 Å². The first kappa shape index (κ1) is 17.4. The van der Waals surface area contributed by atoms with E-state index in [1.807, 2.05) is 0 Å². The SMILES string of the molecule is O=C(c1ccccc1)C(c1ccccc1)S(=O)(=O)c1ccc(Cl)cc1. The fourth-order valence-electron chi connectivity index (χ4n) is 2.61. The fourth-order valence-corrected chi connectivity index (χ4v) is 4.46. The first-order valence-corrected chi connectivity index (χ1v) is 9.56. The lowest BCUT2D eigenvalue weighted by Crippen LogP contribution is -2.23. The smallest absolute Gasteiger partial charge is 0.192 e. The molecule has 0 N–H and O–H groups in total. The summed E-state index contributed by atoms with van der Waals surface area (Å²) < 4.78 is 26.4. The number of rotatable bonds is 5. The van der Waals surface area contributed by atoms with Crippen molar-refractivity contribution in [1.29, 1.82) is 0 Å². The Kier molecular flexibility index (Phi) is 5.02. The van der Waals surface area contributed by atoms with Crippen LogP contribution in [0, 0.1) is 0 Å². The molecule has 0 amide bonds. The van der Waals surface area contributed by atoms with Gasteiger partial charge in [0.05, 0.1) is 4.90 Å². The molecule has 0 heterocycles. The molecule has 25 heavy (non-hydrogen) atoms. The minimum Gasteiger partial charge on any atom is -0.292 e. The van der Waals surface area contributed by atoms with E-state index in [1.165, 1.54) is 24.3 Å². The Morgan fingerprint density at radius 3 is 1.84 bits per heavy atom. The first-order valence-electron chi connectivity index (χ1n) is 7.64. The third-order valence-corrected chi connectivity index (χ3v) is 6.14. The van der Waals surface area contributed by atoms with Gasteiger partial charge in [0.25, 0.3) is 0 Å². The van der Waals surface area contributed by atoms with Crippen molar-refractivity contribution >= 4 is 27.2 Å². The minimum atomic E-state index is -3.93. The number of halogens is 1. The highest BCUT2D eigenvalue weighted by molar-refractivity contribution is 7.92. The van der Waals surface area contributed by atoms with E-state index < -0.39 is 20.9 Å². The van der Waals surface area contributed by atoms with Crippen molar-refractivity contribution in [2.75, 3.05) is 0 Å². The van der Waals surface area contributed by atoms with Gasteiger partial charge in [0.1, 0.15) is 0 Å². The Labute approximate surface area is 151 Å². The van der Waals surface area contributed by atoms with Crippen molar-refractivity contribution in [3.05, 3.63) is 101 Å². The lowest BCUT2D eigenvalue weighted by molar-refractivity contribution is 0.0986. The average Bonchev–Trinajstić information content (AvgIpc) is 2.63. The predicted octanol–water partition coefficient (Wildman–Crippen LogP) is 4.74. The van der Waals surface area contributed by atoms with Crippen LogP contribution in [-0.2, 0) is 9.84 Å². The van der Waals surface area contributed by atoms with Crippen LogP contribution in [0.5, 0.6) is 0 Å². The van der Waals surface area contributed by atoms with E-state index in [9.17, 15) is 13.2 Å². The molecule has 0 fully saturated rings. The monoisotopic (exact) mass is 370 g/mol. The van der Waals surface area contributed by atoms with Crippen LogP contribution >= 0.6 is 11.6 Å². The molecule has 0 aliphatic carbocycles. The van der Waals surface area contributed by atoms with Crippen LogP contribution in [0.4, 0.5) is 0 Å². The Hall–Kier alpha value is -2.43. The highest BCUT2D eigenvalue weighted by Gasteiger charge is 2.35. The molecule has 1 unspecified atom stereocenters. The van der Waals surface area contributed by atoms with Gasteiger partial charge in [-0.2, -0.15) is 0 Å². The second-order valence-corrected chi connectivity index (χ2v) is 7.99. The van der Waals surface area contributed by atoms with Crippen molar-refractivity contribution in [1.82, 2.24) is 0 Å². The Balaban J connectivity index is 2.15. The highest BCUT2D eigenvalue weighted by atomic mass is 35.5. The quantitative estimate of drug-likeness (QED) is 0.609. The van der Waals surface area contributed by atoms with Crippen molar-refractivity contribution in [3.63, 3.8) is 0 Å². The van der Waals surface area contributed by atoms with Gasteiger partial charge in [-0.1, -0.05) is 72.3 Å². The predicted molar refractivity (Wildman–Crippen MR) is 98.6 cm³/mol. The van der Waals surface area contributed by atoms with Crippen LogP contribution < -0.4 is 0 Å². The molecule has 3 aromatic rings. The fraction of sp³-hybridized carbons (Fsp3) is 0.0500. The third-order valence-electron chi connectivity index (χ3n) is 3.85. The van der Waals surface area contributed by atoms with E-state index in [-0.39, 0.29) is 4.90 Å². The van der Waals surface area contributed by atoms with Crippen LogP contribution in [0.2, 0.25) is 5.02 Å². The van der Waals surface area contributed by atoms with E-state index in [4.69, 9.17) is 11.6 Å². The number of hydrogen-bond donors (Lipinski definition) is 0. The van der Waals surface area contributed by atoms with Gasteiger partial charge >= 0.3 is 0 Å². The summed E-state index contributed by atoms with van der Waals surface area (Å²) in [6.45, 7) is 0. The standard InChI is InChI=1S/C20H15ClO3S/c21-17-11-13-18(14-12-17)25(23,24)20(16-9-5-2-6-10-16)19(22)15-7-3-1-4-8-15/h1-14,20H. The summed E-state index contributed by atoms with van der Waals surface area (Å²) in [5, 5.41) is -0.873. The molecule has 0 radical (unpaired) electrons. The highest BCUT2D eigenvalue weighted by Crippen LogP contribution is 2.32. The summed E-state index contributed by atoms with van der Waals surface area (Å²) in [5.41, 5.74) is 0.792. The molecule has 5 heteroatoms. The van der Waals surface area contributed by atoms with E-state index >= 15 is 0 Å². The Morgan fingerprint density at radius 1 is 0.760 bits per heavy atom. The van der Waals surface area contributed by atoms with Gasteiger partial charge in [0.2, 0.25) is 0 Å². The molecule has 0 aliphatic heterocycles. The summed E-state index contributed by atoms with van der Waals surface area (Å²) in [6, 6.07) is 22.8. The molecule has 1 atom stereocenters. The molecule has 0 aliphatic rings. The maximum atomic E-state index is 13.2. The summed E-state index contributed by atoms with van der Waals surface area (Å²) in [7, 11) is -3.93. The molecule has 0 spiro atoms. The number of sulfone groups is 1. The minimum absolute atomic E-state index is 0.0648. The van der Waals surface area contributed by atoms with Gasteiger partial charge in [0, 0.05) is 10.6 Å². The second kappa shape index (κ2) is 7.21. The van der Waals surface area contributed by atoms with Gasteiger partial charge in [-0.15, -0.1) is 0 Å². The van der Waals surface area contributed by atoms with Crippen LogP contribution in [0.25, 0.3) is 0 Å². The molecular formula is C20H15ClO3S. The maximum absolute atomic E-state index is 13.2. The normalized spacial score (nSPS) is 12.5. The van der Waals surface area contributed by atoms with Crippen LogP contribution in [0.15, 0.2) is 89.8 Å². The first-order chi connectivity index (χ1) is 12.0. The molecular weight excluding hydrogens is 356 g/mol. The van der Waals surface area contributed by atoms with E-state index in [0.717, 1.165) is 0 Å². The number of carbonyl (C=O) groups is 1. The summed E-state index contributed by atoms with van der Waals surface area (Å²) in [4.78, 5) is 13.1. The molecule has 0 bridgehead atoms. The van der Waals surface area contributed by atoms with Crippen LogP contribution in [0.1, 0.15) is 21.2 Å². The maximum Gasteiger partial charge on any atom is 0.192 e. The molecule has 0 saturated carbocycles. The van der Waals surface area contributed by atoms with E-state index in [0.29, 0.717) is 16.1 Å². The van der Waals surface area contributed by atoms with Gasteiger partial charge in [-0.3, -0.25) is 4.79 Å². The number of hydrogen-bond acceptors (Lipinski definition) is 3. The largest absolute Gasteiger partial charge is 0.292 e. The molecule has 3 rings (SSSR count). The Bertz CT molecular complexity index is 966. The zero-order valence-corrected chi connectivity index (χ0v) is 14.7. The third kappa shape index (κ3) is 3.65. The molecule has 126 valence electrons.